The number of nitrogens with one attached hydrogen (secondary N) is 2. The lowest BCUT2D eigenvalue weighted by Crippen LogP contribution is -2.40. The third-order valence-electron chi connectivity index (χ3n) is 4.03. The third kappa shape index (κ3) is 7.40. The smallest absolute Gasteiger partial charge is 0.260 e. The average molecular weight is 370 g/mol. The van der Waals surface area contributed by atoms with Crippen LogP contribution in [0.2, 0.25) is 0 Å². The van der Waals surface area contributed by atoms with Gasteiger partial charge in [-0.1, -0.05) is 29.8 Å². The molecule has 6 heteroatoms. The summed E-state index contributed by atoms with van der Waals surface area (Å²) < 4.78 is 5.49. The molecule has 0 aromatic heterocycles. The van der Waals surface area contributed by atoms with E-state index in [1.165, 1.54) is 17.7 Å². The number of ether oxygens (including phenoxy) is 1. The molecule has 2 amide bonds. The summed E-state index contributed by atoms with van der Waals surface area (Å²) in [4.78, 5) is 23.9. The van der Waals surface area contributed by atoms with Crippen LogP contribution in [0.3, 0.4) is 0 Å². The molecule has 3 N–H and O–H groups in total. The summed E-state index contributed by atoms with van der Waals surface area (Å²) in [6, 6.07) is 14.3. The molecule has 27 heavy (non-hydrogen) atoms. The number of aromatic hydroxyl groups is 1. The summed E-state index contributed by atoms with van der Waals surface area (Å²) in [5.74, 6) is 0.327. The topological polar surface area (TPSA) is 87.7 Å². The Morgan fingerprint density at radius 1 is 1.00 bits per heavy atom. The molecule has 2 aromatic rings. The molecule has 0 saturated heterocycles. The quantitative estimate of drug-likeness (QED) is 0.591. The van der Waals surface area contributed by atoms with E-state index in [4.69, 9.17) is 4.74 Å². The second-order valence-electron chi connectivity index (χ2n) is 6.38. The Bertz CT molecular complexity index is 742. The van der Waals surface area contributed by atoms with Crippen LogP contribution in [0.1, 0.15) is 24.5 Å². The van der Waals surface area contributed by atoms with Gasteiger partial charge in [0.15, 0.2) is 6.10 Å². The van der Waals surface area contributed by atoms with Gasteiger partial charge in [-0.3, -0.25) is 9.59 Å². The van der Waals surface area contributed by atoms with Gasteiger partial charge in [-0.15, -0.1) is 0 Å². The minimum absolute atomic E-state index is 0.0433. The molecule has 1 unspecified atom stereocenters. The van der Waals surface area contributed by atoms with E-state index in [1.807, 2.05) is 31.2 Å². The molecule has 2 rings (SSSR count). The first-order valence-electron chi connectivity index (χ1n) is 8.99. The SMILES string of the molecule is Cc1ccc(CCC(=O)NCCNC(=O)C(C)Oc2ccc(O)cc2)cc1. The van der Waals surface area contributed by atoms with Gasteiger partial charge >= 0.3 is 0 Å². The Labute approximate surface area is 159 Å². The van der Waals surface area contributed by atoms with Crippen molar-refractivity contribution >= 4 is 11.8 Å². The highest BCUT2D eigenvalue weighted by atomic mass is 16.5. The average Bonchev–Trinajstić information content (AvgIpc) is 2.66. The molecule has 0 heterocycles. The molecule has 2 aromatic carbocycles. The minimum atomic E-state index is -0.674. The molecule has 0 aliphatic heterocycles. The fourth-order valence-electron chi connectivity index (χ4n) is 2.41. The molecular formula is C21H26N2O4. The van der Waals surface area contributed by atoms with Crippen molar-refractivity contribution in [3.05, 3.63) is 59.7 Å². The number of carbonyl (C=O) groups is 2. The van der Waals surface area contributed by atoms with Gasteiger partial charge in [0.05, 0.1) is 0 Å². The van der Waals surface area contributed by atoms with Gasteiger partial charge in [-0.25, -0.2) is 0 Å². The molecule has 0 aliphatic carbocycles. The number of rotatable bonds is 9. The van der Waals surface area contributed by atoms with Gasteiger partial charge in [0, 0.05) is 19.5 Å². The molecule has 1 atom stereocenters. The monoisotopic (exact) mass is 370 g/mol. The van der Waals surface area contributed by atoms with Crippen molar-refractivity contribution < 1.29 is 19.4 Å². The van der Waals surface area contributed by atoms with Gasteiger partial charge < -0.3 is 20.5 Å². The second-order valence-corrected chi connectivity index (χ2v) is 6.38. The zero-order valence-corrected chi connectivity index (χ0v) is 15.7. The molecule has 0 bridgehead atoms. The Balaban J connectivity index is 1.60. The summed E-state index contributed by atoms with van der Waals surface area (Å²) >= 11 is 0. The predicted octanol–water partition coefficient (Wildman–Crippen LogP) is 2.33. The van der Waals surface area contributed by atoms with Gasteiger partial charge in [-0.05, 0) is 50.1 Å². The van der Waals surface area contributed by atoms with Crippen LogP contribution in [0, 0.1) is 6.92 Å². The summed E-state index contributed by atoms with van der Waals surface area (Å²) in [6.07, 6.45) is 0.430. The normalized spacial score (nSPS) is 11.5. The van der Waals surface area contributed by atoms with Crippen molar-refractivity contribution in [2.24, 2.45) is 0 Å². The molecule has 0 saturated carbocycles. The summed E-state index contributed by atoms with van der Waals surface area (Å²) in [6.45, 7) is 4.37. The maximum atomic E-state index is 12.0. The summed E-state index contributed by atoms with van der Waals surface area (Å²) in [7, 11) is 0. The highest BCUT2D eigenvalue weighted by Crippen LogP contribution is 2.17. The van der Waals surface area contributed by atoms with E-state index in [0.29, 0.717) is 31.7 Å². The summed E-state index contributed by atoms with van der Waals surface area (Å²) in [5, 5.41) is 14.7. The number of benzene rings is 2. The Morgan fingerprint density at radius 3 is 2.30 bits per heavy atom. The first kappa shape index (κ1) is 20.3. The van der Waals surface area contributed by atoms with Crippen molar-refractivity contribution in [3.8, 4) is 11.5 Å². The first-order chi connectivity index (χ1) is 12.9. The van der Waals surface area contributed by atoms with Crippen LogP contribution >= 0.6 is 0 Å². The highest BCUT2D eigenvalue weighted by molar-refractivity contribution is 5.81. The molecule has 0 spiro atoms. The van der Waals surface area contributed by atoms with Crippen LogP contribution in [0.5, 0.6) is 11.5 Å². The number of phenolic OH excluding ortho intramolecular Hbond substituents is 1. The lowest BCUT2D eigenvalue weighted by molar-refractivity contribution is -0.127. The van der Waals surface area contributed by atoms with Gasteiger partial charge in [0.2, 0.25) is 5.91 Å². The van der Waals surface area contributed by atoms with E-state index in [1.54, 1.807) is 19.1 Å². The molecule has 6 nitrogen and oxygen atoms in total. The Morgan fingerprint density at radius 2 is 1.63 bits per heavy atom. The van der Waals surface area contributed by atoms with E-state index in [9.17, 15) is 14.7 Å². The number of phenols is 1. The molecular weight excluding hydrogens is 344 g/mol. The van der Waals surface area contributed by atoms with E-state index < -0.39 is 6.10 Å². The van der Waals surface area contributed by atoms with Crippen molar-refractivity contribution in [2.45, 2.75) is 32.8 Å². The fraction of sp³-hybridized carbons (Fsp3) is 0.333. The number of hydrogen-bond acceptors (Lipinski definition) is 4. The van der Waals surface area contributed by atoms with Crippen molar-refractivity contribution in [1.82, 2.24) is 10.6 Å². The maximum absolute atomic E-state index is 12.0. The molecule has 144 valence electrons. The number of aryl methyl sites for hydroxylation is 2. The van der Waals surface area contributed by atoms with Crippen LogP contribution in [-0.4, -0.2) is 36.1 Å². The van der Waals surface area contributed by atoms with Crippen LogP contribution in [0.25, 0.3) is 0 Å². The highest BCUT2D eigenvalue weighted by Gasteiger charge is 2.14. The second kappa shape index (κ2) is 10.2. The minimum Gasteiger partial charge on any atom is -0.508 e. The van der Waals surface area contributed by atoms with E-state index in [0.717, 1.165) is 5.56 Å². The van der Waals surface area contributed by atoms with Crippen LogP contribution < -0.4 is 15.4 Å². The van der Waals surface area contributed by atoms with Crippen molar-refractivity contribution in [3.63, 3.8) is 0 Å². The zero-order chi connectivity index (χ0) is 19.6. The number of hydrogen-bond donors (Lipinski definition) is 3. The van der Waals surface area contributed by atoms with Crippen LogP contribution in [0.4, 0.5) is 0 Å². The molecule has 0 fully saturated rings. The molecule has 0 aliphatic rings. The van der Waals surface area contributed by atoms with E-state index in [-0.39, 0.29) is 17.6 Å². The predicted molar refractivity (Wildman–Crippen MR) is 104 cm³/mol. The standard InChI is InChI=1S/C21H26N2O4/c1-15-3-5-17(6-4-15)7-12-20(25)22-13-14-23-21(26)16(2)27-19-10-8-18(24)9-11-19/h3-6,8-11,16,24H,7,12-14H2,1-2H3,(H,22,25)(H,23,26). The fourth-order valence-corrected chi connectivity index (χ4v) is 2.41. The van der Waals surface area contributed by atoms with Gasteiger partial charge in [0.1, 0.15) is 11.5 Å². The van der Waals surface area contributed by atoms with Gasteiger partial charge in [0.25, 0.3) is 5.91 Å². The Kier molecular flexibility index (Phi) is 7.67. The number of carbonyl (C=O) groups excluding carboxylic acids is 2. The largest absolute Gasteiger partial charge is 0.508 e. The lowest BCUT2D eigenvalue weighted by atomic mass is 10.1. The lowest BCUT2D eigenvalue weighted by Gasteiger charge is -2.15. The number of amides is 2. The van der Waals surface area contributed by atoms with E-state index >= 15 is 0 Å². The zero-order valence-electron chi connectivity index (χ0n) is 15.7. The van der Waals surface area contributed by atoms with Crippen LogP contribution in [0.15, 0.2) is 48.5 Å². The summed E-state index contributed by atoms with van der Waals surface area (Å²) in [5.41, 5.74) is 2.33. The Hall–Kier alpha value is -3.02. The molecule has 0 radical (unpaired) electrons. The van der Waals surface area contributed by atoms with Crippen molar-refractivity contribution in [2.75, 3.05) is 13.1 Å². The first-order valence-corrected chi connectivity index (χ1v) is 8.99. The van der Waals surface area contributed by atoms with Crippen molar-refractivity contribution in [1.29, 1.82) is 0 Å². The van der Waals surface area contributed by atoms with E-state index in [2.05, 4.69) is 10.6 Å². The maximum Gasteiger partial charge on any atom is 0.260 e. The van der Waals surface area contributed by atoms with Crippen LogP contribution in [-0.2, 0) is 16.0 Å². The third-order valence-corrected chi connectivity index (χ3v) is 4.03. The van der Waals surface area contributed by atoms with Gasteiger partial charge in [-0.2, -0.15) is 0 Å².